The molecule has 0 aliphatic rings. The van der Waals surface area contributed by atoms with Crippen molar-refractivity contribution in [3.05, 3.63) is 72.4 Å². The monoisotopic (exact) mass is 421 g/mol. The molecule has 0 radical (unpaired) electrons. The first-order chi connectivity index (χ1) is 13.5. The first-order valence-corrected chi connectivity index (χ1v) is 10.1. The van der Waals surface area contributed by atoms with Gasteiger partial charge < -0.3 is 0 Å². The van der Waals surface area contributed by atoms with Gasteiger partial charge in [-0.1, -0.05) is 48.0 Å². The molecule has 152 valence electrons. The average molecular weight is 421 g/mol. The molecule has 2 N–H and O–H groups in total. The van der Waals surface area contributed by atoms with Crippen molar-refractivity contribution in [2.75, 3.05) is 0 Å². The van der Waals surface area contributed by atoms with Gasteiger partial charge in [0, 0.05) is 11.1 Å². The van der Waals surface area contributed by atoms with Crippen molar-refractivity contribution in [3.8, 4) is 22.4 Å². The zero-order valence-electron chi connectivity index (χ0n) is 15.4. The van der Waals surface area contributed by atoms with Crippen LogP contribution in [-0.4, -0.2) is 18.2 Å². The summed E-state index contributed by atoms with van der Waals surface area (Å²) in [7, 11) is -3.92. The van der Waals surface area contributed by atoms with E-state index in [0.29, 0.717) is 11.1 Å². The fraction of sp³-hybridized carbons (Fsp3) is 0.150. The van der Waals surface area contributed by atoms with Gasteiger partial charge in [0.1, 0.15) is 5.69 Å². The van der Waals surface area contributed by atoms with Crippen molar-refractivity contribution in [3.63, 3.8) is 0 Å². The number of benzene rings is 2. The van der Waals surface area contributed by atoms with Crippen LogP contribution >= 0.6 is 0 Å². The van der Waals surface area contributed by atoms with E-state index in [0.717, 1.165) is 10.2 Å². The van der Waals surface area contributed by atoms with E-state index < -0.39 is 21.9 Å². The topological polar surface area (TPSA) is 78.0 Å². The maximum absolute atomic E-state index is 14.0. The van der Waals surface area contributed by atoms with Crippen molar-refractivity contribution < 1.29 is 21.6 Å². The fourth-order valence-corrected chi connectivity index (χ4v) is 3.52. The Morgan fingerprint density at radius 2 is 1.62 bits per heavy atom. The van der Waals surface area contributed by atoms with Crippen LogP contribution in [0.15, 0.2) is 66.1 Å². The number of hydrogen-bond donors (Lipinski definition) is 1. The molecule has 0 saturated heterocycles. The standard InChI is InChI=1S/C20H18F3N3O2S/c1-3-12-26-19(20(21,22)23)17(14-6-4-13(2)5-7-14)18(25-26)15-8-10-16(11-9-15)29(24,27)28/h3-11H,1,12H2,2H3,(H2,24,27,28). The lowest BCUT2D eigenvalue weighted by atomic mass is 9.98. The largest absolute Gasteiger partial charge is 0.433 e. The molecular formula is C20H18F3N3O2S. The summed E-state index contributed by atoms with van der Waals surface area (Å²) in [5, 5.41) is 9.27. The molecule has 0 bridgehead atoms. The number of halogens is 3. The number of aromatic nitrogens is 2. The van der Waals surface area contributed by atoms with E-state index in [4.69, 9.17) is 5.14 Å². The summed E-state index contributed by atoms with van der Waals surface area (Å²) in [6.07, 6.45) is -3.33. The zero-order chi connectivity index (χ0) is 21.4. The minimum absolute atomic E-state index is 0.0808. The molecule has 0 spiro atoms. The summed E-state index contributed by atoms with van der Waals surface area (Å²) in [6.45, 7) is 5.20. The molecule has 0 aliphatic carbocycles. The number of nitrogens with zero attached hydrogens (tertiary/aromatic N) is 2. The molecule has 3 aromatic rings. The lowest BCUT2D eigenvalue weighted by Crippen LogP contribution is -2.15. The van der Waals surface area contributed by atoms with Gasteiger partial charge in [0.05, 0.1) is 11.4 Å². The third-order valence-corrected chi connectivity index (χ3v) is 5.25. The normalized spacial score (nSPS) is 12.2. The molecule has 0 aliphatic heterocycles. The molecule has 1 aromatic heterocycles. The summed E-state index contributed by atoms with van der Waals surface area (Å²) < 4.78 is 65.7. The van der Waals surface area contributed by atoms with Crippen LogP contribution in [0.5, 0.6) is 0 Å². The molecule has 9 heteroatoms. The summed E-state index contributed by atoms with van der Waals surface area (Å²) >= 11 is 0. The number of alkyl halides is 3. The van der Waals surface area contributed by atoms with Gasteiger partial charge in [0.15, 0.2) is 5.69 Å². The van der Waals surface area contributed by atoms with E-state index in [2.05, 4.69) is 11.7 Å². The van der Waals surface area contributed by atoms with E-state index in [1.54, 1.807) is 24.3 Å². The SMILES string of the molecule is C=CCn1nc(-c2ccc(S(N)(=O)=O)cc2)c(-c2ccc(C)cc2)c1C(F)(F)F. The Kier molecular flexibility index (Phi) is 5.38. The molecule has 3 rings (SSSR count). The molecular weight excluding hydrogens is 403 g/mol. The Morgan fingerprint density at radius 3 is 2.10 bits per heavy atom. The summed E-state index contributed by atoms with van der Waals surface area (Å²) in [5.74, 6) is 0. The minimum Gasteiger partial charge on any atom is -0.255 e. The van der Waals surface area contributed by atoms with Crippen molar-refractivity contribution in [1.29, 1.82) is 0 Å². The van der Waals surface area contributed by atoms with E-state index in [9.17, 15) is 21.6 Å². The van der Waals surface area contributed by atoms with Crippen LogP contribution in [0.25, 0.3) is 22.4 Å². The van der Waals surface area contributed by atoms with Crippen LogP contribution in [0.4, 0.5) is 13.2 Å². The number of aryl methyl sites for hydroxylation is 1. The van der Waals surface area contributed by atoms with Gasteiger partial charge in [-0.05, 0) is 24.6 Å². The van der Waals surface area contributed by atoms with Crippen molar-refractivity contribution in [2.24, 2.45) is 5.14 Å². The molecule has 0 atom stereocenters. The van der Waals surface area contributed by atoms with E-state index in [1.807, 2.05) is 6.92 Å². The van der Waals surface area contributed by atoms with Crippen LogP contribution < -0.4 is 5.14 Å². The second-order valence-electron chi connectivity index (χ2n) is 6.48. The van der Waals surface area contributed by atoms with Crippen molar-refractivity contribution in [1.82, 2.24) is 9.78 Å². The smallest absolute Gasteiger partial charge is 0.255 e. The number of allylic oxidation sites excluding steroid dienone is 1. The summed E-state index contributed by atoms with van der Waals surface area (Å²) in [6, 6.07) is 11.9. The fourth-order valence-electron chi connectivity index (χ4n) is 3.00. The van der Waals surface area contributed by atoms with Gasteiger partial charge in [-0.25, -0.2) is 13.6 Å². The molecule has 0 saturated carbocycles. The van der Waals surface area contributed by atoms with Gasteiger partial charge in [0.25, 0.3) is 0 Å². The number of nitrogens with two attached hydrogens (primary N) is 1. The minimum atomic E-state index is -4.66. The molecule has 5 nitrogen and oxygen atoms in total. The average Bonchev–Trinajstić information content (AvgIpc) is 3.02. The highest BCUT2D eigenvalue weighted by molar-refractivity contribution is 7.89. The predicted octanol–water partition coefficient (Wildman–Crippen LogP) is 4.38. The Hall–Kier alpha value is -2.91. The van der Waals surface area contributed by atoms with Gasteiger partial charge in [0.2, 0.25) is 10.0 Å². The van der Waals surface area contributed by atoms with E-state index in [1.165, 1.54) is 30.3 Å². The number of sulfonamides is 1. The highest BCUT2D eigenvalue weighted by Gasteiger charge is 2.40. The zero-order valence-corrected chi connectivity index (χ0v) is 16.3. The van der Waals surface area contributed by atoms with Crippen LogP contribution in [0, 0.1) is 6.92 Å². The van der Waals surface area contributed by atoms with Gasteiger partial charge >= 0.3 is 6.18 Å². The van der Waals surface area contributed by atoms with Crippen LogP contribution in [0.3, 0.4) is 0 Å². The van der Waals surface area contributed by atoms with Crippen molar-refractivity contribution in [2.45, 2.75) is 24.5 Å². The molecule has 29 heavy (non-hydrogen) atoms. The van der Waals surface area contributed by atoms with E-state index >= 15 is 0 Å². The third-order valence-electron chi connectivity index (χ3n) is 4.32. The maximum atomic E-state index is 14.0. The number of hydrogen-bond acceptors (Lipinski definition) is 3. The maximum Gasteiger partial charge on any atom is 0.433 e. The summed E-state index contributed by atoms with van der Waals surface area (Å²) in [4.78, 5) is -0.139. The first-order valence-electron chi connectivity index (χ1n) is 8.51. The Balaban J connectivity index is 2.31. The van der Waals surface area contributed by atoms with Gasteiger partial charge in [-0.3, -0.25) is 4.68 Å². The van der Waals surface area contributed by atoms with Gasteiger partial charge in [-0.15, -0.1) is 6.58 Å². The van der Waals surface area contributed by atoms with Crippen molar-refractivity contribution >= 4 is 10.0 Å². The lowest BCUT2D eigenvalue weighted by Gasteiger charge is -2.12. The molecule has 0 fully saturated rings. The van der Waals surface area contributed by atoms with Crippen LogP contribution in [0.1, 0.15) is 11.3 Å². The predicted molar refractivity (Wildman–Crippen MR) is 104 cm³/mol. The lowest BCUT2D eigenvalue weighted by molar-refractivity contribution is -0.143. The Bertz CT molecular complexity index is 1150. The Labute approximate surface area is 166 Å². The molecule has 2 aromatic carbocycles. The second-order valence-corrected chi connectivity index (χ2v) is 8.04. The highest BCUT2D eigenvalue weighted by Crippen LogP contribution is 2.42. The second kappa shape index (κ2) is 7.49. The third kappa shape index (κ3) is 4.25. The molecule has 0 unspecified atom stereocenters. The molecule has 1 heterocycles. The Morgan fingerprint density at radius 1 is 1.07 bits per heavy atom. The quantitative estimate of drug-likeness (QED) is 0.621. The summed E-state index contributed by atoms with van der Waals surface area (Å²) in [5.41, 5.74) is 0.698. The number of primary sulfonamides is 1. The first kappa shape index (κ1) is 20.8. The van der Waals surface area contributed by atoms with Gasteiger partial charge in [-0.2, -0.15) is 18.3 Å². The van der Waals surface area contributed by atoms with Crippen LogP contribution in [0.2, 0.25) is 0 Å². The van der Waals surface area contributed by atoms with E-state index in [-0.39, 0.29) is 22.7 Å². The molecule has 0 amide bonds. The number of rotatable bonds is 5. The van der Waals surface area contributed by atoms with Crippen LogP contribution in [-0.2, 0) is 22.7 Å². The highest BCUT2D eigenvalue weighted by atomic mass is 32.2.